The van der Waals surface area contributed by atoms with Gasteiger partial charge in [-0.25, -0.2) is 9.97 Å². The van der Waals surface area contributed by atoms with Crippen molar-refractivity contribution in [1.29, 1.82) is 0 Å². The van der Waals surface area contributed by atoms with E-state index in [0.717, 1.165) is 4.47 Å². The van der Waals surface area contributed by atoms with Crippen LogP contribution in [0.4, 0.5) is 5.82 Å². The maximum Gasteiger partial charge on any atom is 0.275 e. The van der Waals surface area contributed by atoms with Crippen molar-refractivity contribution in [2.45, 2.75) is 0 Å². The molecule has 0 spiro atoms. The van der Waals surface area contributed by atoms with Crippen molar-refractivity contribution in [2.75, 3.05) is 5.32 Å². The third kappa shape index (κ3) is 3.25. The smallest absolute Gasteiger partial charge is 0.275 e. The molecule has 17 heavy (non-hydrogen) atoms. The highest BCUT2D eigenvalue weighted by molar-refractivity contribution is 9.10. The summed E-state index contributed by atoms with van der Waals surface area (Å²) < 4.78 is 0.844. The minimum atomic E-state index is -0.345. The van der Waals surface area contributed by atoms with Gasteiger partial charge in [0.1, 0.15) is 16.7 Å². The standard InChI is InChI=1S/C11H7BrClN3O/c12-7-4-5-10(14-6-7)16-11(17)8-2-1-3-9(13)15-8/h1-6H,(H,14,16,17). The summed E-state index contributed by atoms with van der Waals surface area (Å²) in [6.07, 6.45) is 1.60. The molecule has 0 bridgehead atoms. The Morgan fingerprint density at radius 1 is 1.29 bits per heavy atom. The topological polar surface area (TPSA) is 54.9 Å². The van der Waals surface area contributed by atoms with Crippen molar-refractivity contribution in [2.24, 2.45) is 0 Å². The van der Waals surface area contributed by atoms with E-state index in [9.17, 15) is 4.79 Å². The molecule has 0 aromatic carbocycles. The fourth-order valence-electron chi connectivity index (χ4n) is 1.16. The van der Waals surface area contributed by atoms with E-state index >= 15 is 0 Å². The van der Waals surface area contributed by atoms with Gasteiger partial charge >= 0.3 is 0 Å². The zero-order chi connectivity index (χ0) is 12.3. The first-order valence-electron chi connectivity index (χ1n) is 4.70. The molecular weight excluding hydrogens is 305 g/mol. The molecule has 0 aliphatic heterocycles. The van der Waals surface area contributed by atoms with E-state index in [-0.39, 0.29) is 16.8 Å². The second-order valence-electron chi connectivity index (χ2n) is 3.16. The van der Waals surface area contributed by atoms with Crippen LogP contribution in [0.15, 0.2) is 41.0 Å². The van der Waals surface area contributed by atoms with Gasteiger partial charge in [0.2, 0.25) is 0 Å². The summed E-state index contributed by atoms with van der Waals surface area (Å²) in [7, 11) is 0. The van der Waals surface area contributed by atoms with Crippen LogP contribution in [0.25, 0.3) is 0 Å². The zero-order valence-electron chi connectivity index (χ0n) is 8.52. The van der Waals surface area contributed by atoms with Crippen LogP contribution in [0.5, 0.6) is 0 Å². The first-order valence-corrected chi connectivity index (χ1v) is 5.88. The number of amides is 1. The van der Waals surface area contributed by atoms with Crippen LogP contribution in [0.3, 0.4) is 0 Å². The van der Waals surface area contributed by atoms with Gasteiger partial charge in [0, 0.05) is 10.7 Å². The summed E-state index contributed by atoms with van der Waals surface area (Å²) >= 11 is 8.96. The molecule has 86 valence electrons. The van der Waals surface area contributed by atoms with Crippen LogP contribution >= 0.6 is 27.5 Å². The average Bonchev–Trinajstić information content (AvgIpc) is 2.32. The first-order chi connectivity index (χ1) is 8.15. The van der Waals surface area contributed by atoms with Gasteiger partial charge in [-0.2, -0.15) is 0 Å². The Hall–Kier alpha value is -1.46. The van der Waals surface area contributed by atoms with E-state index in [1.54, 1.807) is 36.5 Å². The lowest BCUT2D eigenvalue weighted by Crippen LogP contribution is -2.14. The fraction of sp³-hybridized carbons (Fsp3) is 0. The monoisotopic (exact) mass is 311 g/mol. The molecule has 0 atom stereocenters. The SMILES string of the molecule is O=C(Nc1ccc(Br)cn1)c1cccc(Cl)n1. The molecule has 2 rings (SSSR count). The van der Waals surface area contributed by atoms with Crippen LogP contribution in [-0.4, -0.2) is 15.9 Å². The molecule has 2 aromatic rings. The Labute approximate surface area is 111 Å². The zero-order valence-corrected chi connectivity index (χ0v) is 10.9. The second-order valence-corrected chi connectivity index (χ2v) is 4.46. The predicted octanol–water partition coefficient (Wildman–Crippen LogP) is 3.14. The molecule has 1 amide bonds. The van der Waals surface area contributed by atoms with Crippen LogP contribution in [0.1, 0.15) is 10.5 Å². The third-order valence-electron chi connectivity index (χ3n) is 1.92. The molecule has 2 heterocycles. The van der Waals surface area contributed by atoms with Crippen molar-refractivity contribution >= 4 is 39.3 Å². The summed E-state index contributed by atoms with van der Waals surface area (Å²) in [4.78, 5) is 19.7. The van der Waals surface area contributed by atoms with Crippen LogP contribution < -0.4 is 5.32 Å². The Morgan fingerprint density at radius 3 is 2.76 bits per heavy atom. The highest BCUT2D eigenvalue weighted by atomic mass is 79.9. The maximum absolute atomic E-state index is 11.8. The maximum atomic E-state index is 11.8. The number of hydrogen-bond acceptors (Lipinski definition) is 3. The largest absolute Gasteiger partial charge is 0.305 e. The highest BCUT2D eigenvalue weighted by Gasteiger charge is 2.08. The molecule has 0 fully saturated rings. The summed E-state index contributed by atoms with van der Waals surface area (Å²) in [5, 5.41) is 2.90. The Morgan fingerprint density at radius 2 is 2.12 bits per heavy atom. The quantitative estimate of drug-likeness (QED) is 0.867. The van der Waals surface area contributed by atoms with Crippen molar-refractivity contribution in [3.8, 4) is 0 Å². The lowest BCUT2D eigenvalue weighted by atomic mass is 10.3. The van der Waals surface area contributed by atoms with Crippen molar-refractivity contribution < 1.29 is 4.79 Å². The third-order valence-corrected chi connectivity index (χ3v) is 2.60. The minimum absolute atomic E-state index is 0.252. The number of aromatic nitrogens is 2. The lowest BCUT2D eigenvalue weighted by Gasteiger charge is -2.03. The van der Waals surface area contributed by atoms with Gasteiger partial charge in [-0.3, -0.25) is 4.79 Å². The molecule has 4 nitrogen and oxygen atoms in total. The van der Waals surface area contributed by atoms with Crippen molar-refractivity contribution in [3.05, 3.63) is 51.8 Å². The van der Waals surface area contributed by atoms with E-state index in [4.69, 9.17) is 11.6 Å². The molecule has 1 N–H and O–H groups in total. The lowest BCUT2D eigenvalue weighted by molar-refractivity contribution is 0.102. The number of halogens is 2. The average molecular weight is 313 g/mol. The van der Waals surface area contributed by atoms with Crippen molar-refractivity contribution in [3.63, 3.8) is 0 Å². The Balaban J connectivity index is 2.14. The normalized spacial score (nSPS) is 10.0. The number of carbonyl (C=O) groups is 1. The van der Waals surface area contributed by atoms with Crippen LogP contribution in [-0.2, 0) is 0 Å². The van der Waals surface area contributed by atoms with Gasteiger partial charge in [-0.1, -0.05) is 17.7 Å². The second kappa shape index (κ2) is 5.25. The summed E-state index contributed by atoms with van der Waals surface area (Å²) in [5.41, 5.74) is 0.252. The fourth-order valence-corrected chi connectivity index (χ4v) is 1.56. The molecule has 6 heteroatoms. The van der Waals surface area contributed by atoms with Gasteiger partial charge in [0.15, 0.2) is 0 Å². The minimum Gasteiger partial charge on any atom is -0.305 e. The number of rotatable bonds is 2. The number of hydrogen-bond donors (Lipinski definition) is 1. The number of pyridine rings is 2. The van der Waals surface area contributed by atoms with Gasteiger partial charge in [0.25, 0.3) is 5.91 Å². The summed E-state index contributed by atoms with van der Waals surface area (Å²) in [6, 6.07) is 8.33. The summed E-state index contributed by atoms with van der Waals surface area (Å²) in [5.74, 6) is 0.113. The Kier molecular flexibility index (Phi) is 3.71. The van der Waals surface area contributed by atoms with E-state index in [0.29, 0.717) is 5.82 Å². The number of nitrogens with one attached hydrogen (secondary N) is 1. The first kappa shape index (κ1) is 12.0. The van der Waals surface area contributed by atoms with Gasteiger partial charge in [0.05, 0.1) is 0 Å². The molecule has 0 saturated heterocycles. The van der Waals surface area contributed by atoms with Gasteiger partial charge < -0.3 is 5.32 Å². The molecule has 2 aromatic heterocycles. The number of carbonyl (C=O) groups excluding carboxylic acids is 1. The number of anilines is 1. The molecule has 0 aliphatic rings. The molecule has 0 unspecified atom stereocenters. The van der Waals surface area contributed by atoms with E-state index in [1.165, 1.54) is 0 Å². The van der Waals surface area contributed by atoms with Gasteiger partial charge in [-0.15, -0.1) is 0 Å². The van der Waals surface area contributed by atoms with E-state index < -0.39 is 0 Å². The molecular formula is C11H7BrClN3O. The van der Waals surface area contributed by atoms with Crippen LogP contribution in [0.2, 0.25) is 5.15 Å². The van der Waals surface area contributed by atoms with Crippen molar-refractivity contribution in [1.82, 2.24) is 9.97 Å². The molecule has 0 aliphatic carbocycles. The Bertz CT molecular complexity index is 545. The van der Waals surface area contributed by atoms with E-state index in [1.807, 2.05) is 0 Å². The van der Waals surface area contributed by atoms with Crippen LogP contribution in [0, 0.1) is 0 Å². The summed E-state index contributed by atoms with van der Waals surface area (Å²) in [6.45, 7) is 0. The molecule has 0 saturated carbocycles. The van der Waals surface area contributed by atoms with E-state index in [2.05, 4.69) is 31.2 Å². The van der Waals surface area contributed by atoms with Gasteiger partial charge in [-0.05, 0) is 40.2 Å². The predicted molar refractivity (Wildman–Crippen MR) is 69.1 cm³/mol. The number of nitrogens with zero attached hydrogens (tertiary/aromatic N) is 2. The highest BCUT2D eigenvalue weighted by Crippen LogP contribution is 2.12. The molecule has 0 radical (unpaired) electrons.